The van der Waals surface area contributed by atoms with Crippen molar-refractivity contribution in [2.24, 2.45) is 0 Å². The van der Waals surface area contributed by atoms with Gasteiger partial charge in [0.2, 0.25) is 11.8 Å². The Morgan fingerprint density at radius 2 is 2.09 bits per heavy atom. The molecule has 1 aromatic heterocycles. The molecule has 2 rings (SSSR count). The first-order chi connectivity index (χ1) is 10.3. The average molecular weight is 305 g/mol. The zero-order valence-corrected chi connectivity index (χ0v) is 13.2. The summed E-state index contributed by atoms with van der Waals surface area (Å²) in [6.45, 7) is 7.73. The summed E-state index contributed by atoms with van der Waals surface area (Å²) in [5.41, 5.74) is 0.780. The van der Waals surface area contributed by atoms with E-state index in [0.29, 0.717) is 18.1 Å². The van der Waals surface area contributed by atoms with Crippen LogP contribution in [0.5, 0.6) is 0 Å². The molecule has 2 aromatic rings. The Morgan fingerprint density at radius 1 is 1.36 bits per heavy atom. The Hall–Kier alpha value is -2.24. The summed E-state index contributed by atoms with van der Waals surface area (Å²) in [4.78, 5) is 16.1. The highest BCUT2D eigenvalue weighted by Crippen LogP contribution is 2.19. The number of carbonyl (C=O) groups excluding carboxylic acids is 1. The first-order valence-corrected chi connectivity index (χ1v) is 7.15. The highest BCUT2D eigenvalue weighted by atomic mass is 19.1. The number of amides is 1. The molecule has 0 aliphatic heterocycles. The Morgan fingerprint density at radius 3 is 2.68 bits per heavy atom. The molecule has 0 saturated heterocycles. The van der Waals surface area contributed by atoms with E-state index in [-0.39, 0.29) is 23.4 Å². The molecule has 0 aliphatic rings. The van der Waals surface area contributed by atoms with Gasteiger partial charge < -0.3 is 9.84 Å². The fraction of sp³-hybridized carbons (Fsp3) is 0.438. The number of carbonyl (C=O) groups is 1. The molecule has 5 nitrogen and oxygen atoms in total. The van der Waals surface area contributed by atoms with E-state index in [1.54, 1.807) is 19.1 Å². The van der Waals surface area contributed by atoms with Crippen LogP contribution in [-0.2, 0) is 16.6 Å². The molecule has 1 amide bonds. The van der Waals surface area contributed by atoms with Crippen molar-refractivity contribution < 1.29 is 13.7 Å². The molecule has 0 fully saturated rings. The molecular weight excluding hydrogens is 285 g/mol. The summed E-state index contributed by atoms with van der Waals surface area (Å²) in [5, 5.41) is 6.44. The monoisotopic (exact) mass is 305 g/mol. The summed E-state index contributed by atoms with van der Waals surface area (Å²) in [5.74, 6) is 0.274. The van der Waals surface area contributed by atoms with Crippen molar-refractivity contribution in [1.29, 1.82) is 0 Å². The van der Waals surface area contributed by atoms with E-state index in [1.165, 1.54) is 6.07 Å². The van der Waals surface area contributed by atoms with Crippen LogP contribution in [0.15, 0.2) is 22.7 Å². The minimum atomic E-state index is -0.443. The van der Waals surface area contributed by atoms with E-state index in [1.807, 2.05) is 20.8 Å². The highest BCUT2D eigenvalue weighted by molar-refractivity contribution is 5.90. The molecule has 1 aromatic carbocycles. The van der Waals surface area contributed by atoms with Crippen molar-refractivity contribution in [2.75, 3.05) is 5.32 Å². The predicted octanol–water partition coefficient (Wildman–Crippen LogP) is 3.39. The number of aromatic nitrogens is 2. The van der Waals surface area contributed by atoms with Crippen LogP contribution in [-0.4, -0.2) is 16.0 Å². The number of nitrogens with one attached hydrogen (secondary N) is 1. The Balaban J connectivity index is 1.91. The van der Waals surface area contributed by atoms with Gasteiger partial charge in [-0.15, -0.1) is 0 Å². The van der Waals surface area contributed by atoms with E-state index >= 15 is 0 Å². The van der Waals surface area contributed by atoms with E-state index in [2.05, 4.69) is 15.5 Å². The number of hydrogen-bond acceptors (Lipinski definition) is 4. The lowest BCUT2D eigenvalue weighted by Crippen LogP contribution is -2.14. The molecule has 0 bridgehead atoms. The van der Waals surface area contributed by atoms with Crippen molar-refractivity contribution in [1.82, 2.24) is 10.1 Å². The topological polar surface area (TPSA) is 68.0 Å². The summed E-state index contributed by atoms with van der Waals surface area (Å²) >= 11 is 0. The number of aryl methyl sites for hydroxylation is 2. The third-order valence-electron chi connectivity index (χ3n) is 3.10. The summed E-state index contributed by atoms with van der Waals surface area (Å²) in [6.07, 6.45) is 0.474. The van der Waals surface area contributed by atoms with Gasteiger partial charge in [0.1, 0.15) is 5.82 Å². The molecule has 22 heavy (non-hydrogen) atoms. The highest BCUT2D eigenvalue weighted by Gasteiger charge is 2.21. The van der Waals surface area contributed by atoms with Gasteiger partial charge in [-0.3, -0.25) is 4.79 Å². The summed E-state index contributed by atoms with van der Waals surface area (Å²) < 4.78 is 18.8. The fourth-order valence-electron chi connectivity index (χ4n) is 1.82. The Kier molecular flexibility index (Phi) is 4.59. The van der Waals surface area contributed by atoms with Crippen LogP contribution < -0.4 is 5.32 Å². The predicted molar refractivity (Wildman–Crippen MR) is 81.1 cm³/mol. The van der Waals surface area contributed by atoms with Crippen LogP contribution in [0.2, 0.25) is 0 Å². The average Bonchev–Trinajstić information content (AvgIpc) is 2.88. The van der Waals surface area contributed by atoms with Crippen LogP contribution in [0.4, 0.5) is 10.1 Å². The van der Waals surface area contributed by atoms with Gasteiger partial charge in [-0.05, 0) is 24.6 Å². The standard InChI is InChI=1S/C16H20FN3O2/c1-10-5-6-12(11(17)9-10)18-13(21)7-8-14-19-15(20-22-14)16(2,3)4/h5-6,9H,7-8H2,1-4H3,(H,18,21). The van der Waals surface area contributed by atoms with Crippen molar-refractivity contribution >= 4 is 11.6 Å². The largest absolute Gasteiger partial charge is 0.339 e. The molecule has 1 N–H and O–H groups in total. The maximum Gasteiger partial charge on any atom is 0.227 e. The van der Waals surface area contributed by atoms with Gasteiger partial charge in [0.05, 0.1) is 5.69 Å². The van der Waals surface area contributed by atoms with Gasteiger partial charge in [-0.2, -0.15) is 4.98 Å². The third kappa shape index (κ3) is 4.13. The van der Waals surface area contributed by atoms with Gasteiger partial charge in [-0.25, -0.2) is 4.39 Å². The molecule has 118 valence electrons. The number of anilines is 1. The molecule has 6 heteroatoms. The Bertz CT molecular complexity index is 674. The van der Waals surface area contributed by atoms with E-state index < -0.39 is 5.82 Å². The molecule has 0 aliphatic carbocycles. The zero-order chi connectivity index (χ0) is 16.3. The van der Waals surface area contributed by atoms with Crippen LogP contribution in [0.1, 0.15) is 44.5 Å². The van der Waals surface area contributed by atoms with Gasteiger partial charge >= 0.3 is 0 Å². The lowest BCUT2D eigenvalue weighted by Gasteiger charge is -2.10. The summed E-state index contributed by atoms with van der Waals surface area (Å²) in [7, 11) is 0. The van der Waals surface area contributed by atoms with Gasteiger partial charge in [0.15, 0.2) is 5.82 Å². The van der Waals surface area contributed by atoms with Crippen LogP contribution in [0.3, 0.4) is 0 Å². The van der Waals surface area contributed by atoms with Crippen LogP contribution in [0.25, 0.3) is 0 Å². The van der Waals surface area contributed by atoms with E-state index in [0.717, 1.165) is 5.56 Å². The molecular formula is C16H20FN3O2. The van der Waals surface area contributed by atoms with E-state index in [4.69, 9.17) is 4.52 Å². The first-order valence-electron chi connectivity index (χ1n) is 7.15. The Labute approximate surface area is 128 Å². The molecule has 0 spiro atoms. The van der Waals surface area contributed by atoms with Gasteiger partial charge in [-0.1, -0.05) is 32.0 Å². The molecule has 0 radical (unpaired) electrons. The van der Waals surface area contributed by atoms with Crippen LogP contribution in [0, 0.1) is 12.7 Å². The molecule has 0 atom stereocenters. The van der Waals surface area contributed by atoms with Crippen molar-refractivity contribution in [3.8, 4) is 0 Å². The quantitative estimate of drug-likeness (QED) is 0.940. The lowest BCUT2D eigenvalue weighted by molar-refractivity contribution is -0.116. The third-order valence-corrected chi connectivity index (χ3v) is 3.10. The van der Waals surface area contributed by atoms with Gasteiger partial charge in [0.25, 0.3) is 0 Å². The second-order valence-corrected chi connectivity index (χ2v) is 6.29. The normalized spacial score (nSPS) is 11.5. The minimum Gasteiger partial charge on any atom is -0.339 e. The SMILES string of the molecule is Cc1ccc(NC(=O)CCc2nc(C(C)(C)C)no2)c(F)c1. The maximum atomic E-state index is 13.7. The first kappa shape index (κ1) is 16.1. The number of halogens is 1. The molecule has 0 unspecified atom stereocenters. The maximum absolute atomic E-state index is 13.7. The van der Waals surface area contributed by atoms with Gasteiger partial charge in [0, 0.05) is 18.3 Å². The van der Waals surface area contributed by atoms with Crippen molar-refractivity contribution in [3.63, 3.8) is 0 Å². The second-order valence-electron chi connectivity index (χ2n) is 6.29. The smallest absolute Gasteiger partial charge is 0.227 e. The number of benzene rings is 1. The minimum absolute atomic E-state index is 0.152. The molecule has 1 heterocycles. The second kappa shape index (κ2) is 6.25. The van der Waals surface area contributed by atoms with Crippen molar-refractivity contribution in [2.45, 2.75) is 46.0 Å². The molecule has 0 saturated carbocycles. The number of rotatable bonds is 4. The fourth-order valence-corrected chi connectivity index (χ4v) is 1.82. The van der Waals surface area contributed by atoms with Crippen molar-refractivity contribution in [3.05, 3.63) is 41.3 Å². The number of hydrogen-bond donors (Lipinski definition) is 1. The zero-order valence-electron chi connectivity index (χ0n) is 13.2. The summed E-state index contributed by atoms with van der Waals surface area (Å²) in [6, 6.07) is 4.67. The van der Waals surface area contributed by atoms with Crippen LogP contribution >= 0.6 is 0 Å². The van der Waals surface area contributed by atoms with E-state index in [9.17, 15) is 9.18 Å². The lowest BCUT2D eigenvalue weighted by atomic mass is 9.96. The number of nitrogens with zero attached hydrogens (tertiary/aromatic N) is 2.